The number of imidazole rings is 1. The molecule has 3 heteroatoms. The number of unbranched alkanes of at least 4 members (excludes halogenated alkanes) is 1. The summed E-state index contributed by atoms with van der Waals surface area (Å²) >= 11 is 0. The van der Waals surface area contributed by atoms with Crippen molar-refractivity contribution < 1.29 is 0 Å². The Morgan fingerprint density at radius 1 is 1.36 bits per heavy atom. The third kappa shape index (κ3) is 1.97. The van der Waals surface area contributed by atoms with Gasteiger partial charge in [0.15, 0.2) is 0 Å². The van der Waals surface area contributed by atoms with E-state index in [0.29, 0.717) is 0 Å². The summed E-state index contributed by atoms with van der Waals surface area (Å²) in [7, 11) is 0. The van der Waals surface area contributed by atoms with Crippen LogP contribution in [0.4, 0.5) is 0 Å². The Bertz CT molecular complexity index is 272. The molecule has 11 heavy (non-hydrogen) atoms. The second kappa shape index (κ2) is 3.42. The van der Waals surface area contributed by atoms with Gasteiger partial charge in [-0.15, -0.1) is 0 Å². The van der Waals surface area contributed by atoms with E-state index < -0.39 is 0 Å². The van der Waals surface area contributed by atoms with E-state index in [1.807, 2.05) is 6.92 Å². The fourth-order valence-electron chi connectivity index (χ4n) is 1.11. The molecule has 0 aromatic carbocycles. The second-order valence-corrected chi connectivity index (χ2v) is 2.79. The van der Waals surface area contributed by atoms with Crippen molar-refractivity contribution in [3.05, 3.63) is 21.9 Å². The normalized spacial score (nSPS) is 10.4. The first-order chi connectivity index (χ1) is 5.24. The number of hydrogen-bond acceptors (Lipinski definition) is 1. The van der Waals surface area contributed by atoms with Gasteiger partial charge in [0.2, 0.25) is 0 Å². The van der Waals surface area contributed by atoms with Crippen molar-refractivity contribution in [3.8, 4) is 0 Å². The predicted molar refractivity (Wildman–Crippen MR) is 44.8 cm³/mol. The van der Waals surface area contributed by atoms with Crippen LogP contribution in [0.25, 0.3) is 0 Å². The van der Waals surface area contributed by atoms with Crippen molar-refractivity contribution in [3.63, 3.8) is 0 Å². The summed E-state index contributed by atoms with van der Waals surface area (Å²) in [6.07, 6.45) is 3.27. The van der Waals surface area contributed by atoms with Crippen molar-refractivity contribution >= 4 is 0 Å². The molecule has 0 radical (unpaired) electrons. The van der Waals surface area contributed by atoms with Crippen LogP contribution in [0.15, 0.2) is 4.79 Å². The molecule has 1 aromatic heterocycles. The first kappa shape index (κ1) is 8.11. The molecule has 0 bridgehead atoms. The predicted octanol–water partition coefficient (Wildman–Crippen LogP) is 1.35. The molecule has 0 unspecified atom stereocenters. The number of nitrogens with one attached hydrogen (secondary N) is 2. The molecule has 0 amide bonds. The molecule has 3 nitrogen and oxygen atoms in total. The third-order valence-corrected chi connectivity index (χ3v) is 1.80. The highest BCUT2D eigenvalue weighted by Gasteiger charge is 1.99. The molecular weight excluding hydrogens is 140 g/mol. The van der Waals surface area contributed by atoms with Crippen LogP contribution in [0.1, 0.15) is 31.2 Å². The Kier molecular flexibility index (Phi) is 2.52. The summed E-state index contributed by atoms with van der Waals surface area (Å²) in [6, 6.07) is 0. The summed E-state index contributed by atoms with van der Waals surface area (Å²) in [4.78, 5) is 16.2. The second-order valence-electron chi connectivity index (χ2n) is 2.79. The largest absolute Gasteiger partial charge is 0.323 e. The zero-order valence-corrected chi connectivity index (χ0v) is 7.03. The lowest BCUT2D eigenvalue weighted by Gasteiger charge is -1.94. The monoisotopic (exact) mass is 154 g/mol. The van der Waals surface area contributed by atoms with Gasteiger partial charge in [0.1, 0.15) is 0 Å². The average molecular weight is 154 g/mol. The van der Waals surface area contributed by atoms with Crippen LogP contribution in [-0.2, 0) is 6.42 Å². The summed E-state index contributed by atoms with van der Waals surface area (Å²) in [5, 5.41) is 0. The van der Waals surface area contributed by atoms with Crippen molar-refractivity contribution in [1.82, 2.24) is 9.97 Å². The Morgan fingerprint density at radius 2 is 2.09 bits per heavy atom. The first-order valence-corrected chi connectivity index (χ1v) is 4.01. The average Bonchev–Trinajstić information content (AvgIpc) is 2.26. The number of aromatic nitrogens is 2. The van der Waals surface area contributed by atoms with Gasteiger partial charge in [-0.1, -0.05) is 13.3 Å². The Balaban J connectivity index is 2.69. The molecule has 1 heterocycles. The van der Waals surface area contributed by atoms with Gasteiger partial charge in [0, 0.05) is 11.4 Å². The van der Waals surface area contributed by atoms with E-state index in [0.717, 1.165) is 30.7 Å². The maximum Gasteiger partial charge on any atom is 0.323 e. The van der Waals surface area contributed by atoms with Gasteiger partial charge in [0.05, 0.1) is 0 Å². The molecule has 62 valence electrons. The zero-order valence-electron chi connectivity index (χ0n) is 7.03. The minimum absolute atomic E-state index is 0.0893. The van der Waals surface area contributed by atoms with E-state index in [-0.39, 0.29) is 5.69 Å². The highest BCUT2D eigenvalue weighted by Crippen LogP contribution is 2.02. The van der Waals surface area contributed by atoms with Crippen LogP contribution in [-0.4, -0.2) is 9.97 Å². The van der Waals surface area contributed by atoms with Crippen molar-refractivity contribution in [2.75, 3.05) is 0 Å². The molecule has 0 aliphatic heterocycles. The maximum atomic E-state index is 10.8. The highest BCUT2D eigenvalue weighted by atomic mass is 16.1. The summed E-state index contributed by atoms with van der Waals surface area (Å²) in [6.45, 7) is 4.06. The maximum absolute atomic E-state index is 10.8. The molecule has 0 spiro atoms. The standard InChI is InChI=1S/C8H14N2O/c1-3-4-5-7-6(2)9-8(11)10-7/h3-5H2,1-2H3,(H2,9,10,11). The molecule has 2 N–H and O–H groups in total. The zero-order chi connectivity index (χ0) is 8.27. The van der Waals surface area contributed by atoms with E-state index in [9.17, 15) is 4.79 Å². The molecule has 1 rings (SSSR count). The summed E-state index contributed by atoms with van der Waals surface area (Å²) < 4.78 is 0. The minimum Gasteiger partial charge on any atom is -0.310 e. The lowest BCUT2D eigenvalue weighted by Crippen LogP contribution is -2.01. The molecule has 0 fully saturated rings. The van der Waals surface area contributed by atoms with Crippen LogP contribution in [0, 0.1) is 6.92 Å². The number of aromatic amines is 2. The number of rotatable bonds is 3. The van der Waals surface area contributed by atoms with Crippen LogP contribution in [0.5, 0.6) is 0 Å². The van der Waals surface area contributed by atoms with Crippen molar-refractivity contribution in [2.45, 2.75) is 33.1 Å². The fourth-order valence-corrected chi connectivity index (χ4v) is 1.11. The van der Waals surface area contributed by atoms with Crippen molar-refractivity contribution in [2.24, 2.45) is 0 Å². The first-order valence-electron chi connectivity index (χ1n) is 4.01. The lowest BCUT2D eigenvalue weighted by molar-refractivity contribution is 0.775. The lowest BCUT2D eigenvalue weighted by atomic mass is 10.2. The van der Waals surface area contributed by atoms with Crippen LogP contribution >= 0.6 is 0 Å². The Labute approximate surface area is 65.8 Å². The highest BCUT2D eigenvalue weighted by molar-refractivity contribution is 5.08. The van der Waals surface area contributed by atoms with E-state index in [1.165, 1.54) is 0 Å². The van der Waals surface area contributed by atoms with E-state index >= 15 is 0 Å². The van der Waals surface area contributed by atoms with Gasteiger partial charge in [-0.3, -0.25) is 0 Å². The fraction of sp³-hybridized carbons (Fsp3) is 0.625. The quantitative estimate of drug-likeness (QED) is 0.678. The molecule has 0 aliphatic rings. The molecule has 0 saturated heterocycles. The summed E-state index contributed by atoms with van der Waals surface area (Å²) in [5.41, 5.74) is 1.94. The molecule has 0 atom stereocenters. The minimum atomic E-state index is -0.0893. The third-order valence-electron chi connectivity index (χ3n) is 1.80. The topological polar surface area (TPSA) is 48.6 Å². The molecular formula is C8H14N2O. The van der Waals surface area contributed by atoms with Crippen LogP contribution < -0.4 is 5.69 Å². The Hall–Kier alpha value is -0.990. The van der Waals surface area contributed by atoms with Gasteiger partial charge < -0.3 is 9.97 Å². The molecule has 1 aromatic rings. The molecule has 0 aliphatic carbocycles. The summed E-state index contributed by atoms with van der Waals surface area (Å²) in [5.74, 6) is 0. The van der Waals surface area contributed by atoms with E-state index in [2.05, 4.69) is 16.9 Å². The van der Waals surface area contributed by atoms with Crippen LogP contribution in [0.2, 0.25) is 0 Å². The van der Waals surface area contributed by atoms with E-state index in [1.54, 1.807) is 0 Å². The van der Waals surface area contributed by atoms with Gasteiger partial charge in [-0.25, -0.2) is 4.79 Å². The van der Waals surface area contributed by atoms with Gasteiger partial charge in [-0.2, -0.15) is 0 Å². The smallest absolute Gasteiger partial charge is 0.310 e. The van der Waals surface area contributed by atoms with Crippen molar-refractivity contribution in [1.29, 1.82) is 0 Å². The van der Waals surface area contributed by atoms with Gasteiger partial charge in [0.25, 0.3) is 0 Å². The van der Waals surface area contributed by atoms with Gasteiger partial charge >= 0.3 is 5.69 Å². The number of H-pyrrole nitrogens is 2. The molecule has 0 saturated carbocycles. The number of aryl methyl sites for hydroxylation is 2. The van der Waals surface area contributed by atoms with Gasteiger partial charge in [-0.05, 0) is 19.8 Å². The Morgan fingerprint density at radius 3 is 2.55 bits per heavy atom. The van der Waals surface area contributed by atoms with E-state index in [4.69, 9.17) is 0 Å². The number of hydrogen-bond donors (Lipinski definition) is 2. The SMILES string of the molecule is CCCCc1[nH]c(=O)[nH]c1C. The van der Waals surface area contributed by atoms with Crippen LogP contribution in [0.3, 0.4) is 0 Å².